The first-order chi connectivity index (χ1) is 14.8. The van der Waals surface area contributed by atoms with Gasteiger partial charge < -0.3 is 20.5 Å². The third-order valence-corrected chi connectivity index (χ3v) is 4.55. The summed E-state index contributed by atoms with van der Waals surface area (Å²) < 4.78 is 5.16. The highest BCUT2D eigenvalue weighted by molar-refractivity contribution is 5.89. The van der Waals surface area contributed by atoms with Crippen molar-refractivity contribution in [2.24, 2.45) is 5.92 Å². The number of alkyl carbamates (subject to hydrolysis) is 1. The van der Waals surface area contributed by atoms with Crippen molar-refractivity contribution in [3.05, 3.63) is 71.3 Å². The van der Waals surface area contributed by atoms with Crippen molar-refractivity contribution in [1.82, 2.24) is 10.6 Å². The van der Waals surface area contributed by atoms with Gasteiger partial charge in [0, 0.05) is 6.42 Å². The zero-order valence-electron chi connectivity index (χ0n) is 17.4. The summed E-state index contributed by atoms with van der Waals surface area (Å²) in [4.78, 5) is 36.6. The zero-order valence-corrected chi connectivity index (χ0v) is 17.4. The highest BCUT2D eigenvalue weighted by Gasteiger charge is 2.29. The molecule has 162 valence electrons. The molecule has 2 rings (SSSR count). The van der Waals surface area contributed by atoms with Crippen LogP contribution in [0.5, 0.6) is 0 Å². The first-order valence-electron chi connectivity index (χ1n) is 9.79. The van der Waals surface area contributed by atoms with Gasteiger partial charge in [-0.05, 0) is 29.2 Å². The number of carbonyl (C=O) groups is 3. The molecule has 2 amide bonds. The van der Waals surface area contributed by atoms with E-state index in [0.29, 0.717) is 11.1 Å². The number of rotatable bonds is 9. The molecular formula is C23H25N3O5. The first-order valence-corrected chi connectivity index (χ1v) is 9.79. The summed E-state index contributed by atoms with van der Waals surface area (Å²) in [7, 11) is 0. The van der Waals surface area contributed by atoms with Crippen molar-refractivity contribution >= 4 is 18.0 Å². The normalized spacial score (nSPS) is 12.3. The van der Waals surface area contributed by atoms with Crippen LogP contribution < -0.4 is 10.6 Å². The molecule has 0 fully saturated rings. The van der Waals surface area contributed by atoms with Crippen LogP contribution in [0.4, 0.5) is 4.79 Å². The lowest BCUT2D eigenvalue weighted by atomic mass is 10.0. The van der Waals surface area contributed by atoms with Crippen molar-refractivity contribution in [3.8, 4) is 6.07 Å². The molecule has 0 saturated heterocycles. The molecular weight excluding hydrogens is 398 g/mol. The maximum Gasteiger partial charge on any atom is 0.408 e. The molecule has 0 radical (unpaired) electrons. The van der Waals surface area contributed by atoms with Crippen LogP contribution in [0.1, 0.15) is 30.5 Å². The number of ether oxygens (including phenoxy) is 1. The van der Waals surface area contributed by atoms with Gasteiger partial charge in [-0.3, -0.25) is 4.79 Å². The summed E-state index contributed by atoms with van der Waals surface area (Å²) >= 11 is 0. The maximum absolute atomic E-state index is 12.7. The van der Waals surface area contributed by atoms with Gasteiger partial charge in [-0.15, -0.1) is 0 Å². The Labute approximate surface area is 180 Å². The molecule has 0 saturated carbocycles. The number of amides is 2. The van der Waals surface area contributed by atoms with E-state index in [0.717, 1.165) is 5.56 Å². The Balaban J connectivity index is 2.00. The molecule has 2 aromatic carbocycles. The summed E-state index contributed by atoms with van der Waals surface area (Å²) in [5, 5.41) is 23.5. The molecule has 31 heavy (non-hydrogen) atoms. The van der Waals surface area contributed by atoms with Crippen LogP contribution in [-0.4, -0.2) is 35.2 Å². The fourth-order valence-corrected chi connectivity index (χ4v) is 2.89. The second-order valence-electron chi connectivity index (χ2n) is 7.34. The number of hydrogen-bond donors (Lipinski definition) is 3. The van der Waals surface area contributed by atoms with E-state index in [-0.39, 0.29) is 18.9 Å². The van der Waals surface area contributed by atoms with E-state index >= 15 is 0 Å². The molecule has 0 aromatic heterocycles. The second kappa shape index (κ2) is 11.4. The van der Waals surface area contributed by atoms with Gasteiger partial charge in [0.2, 0.25) is 5.91 Å². The average Bonchev–Trinajstić information content (AvgIpc) is 2.76. The number of carbonyl (C=O) groups excluding carboxylic acids is 2. The fraction of sp³-hybridized carbons (Fsp3) is 0.304. The first kappa shape index (κ1) is 23.4. The van der Waals surface area contributed by atoms with E-state index < -0.39 is 30.1 Å². The Bertz CT molecular complexity index is 953. The van der Waals surface area contributed by atoms with E-state index in [1.54, 1.807) is 50.2 Å². The van der Waals surface area contributed by atoms with Gasteiger partial charge in [-0.1, -0.05) is 56.3 Å². The smallest absolute Gasteiger partial charge is 0.408 e. The molecule has 0 unspecified atom stereocenters. The summed E-state index contributed by atoms with van der Waals surface area (Å²) in [6.07, 6.45) is -0.772. The average molecular weight is 423 g/mol. The largest absolute Gasteiger partial charge is 0.480 e. The van der Waals surface area contributed by atoms with Crippen molar-refractivity contribution in [2.75, 3.05) is 0 Å². The Kier molecular flexibility index (Phi) is 8.58. The second-order valence-corrected chi connectivity index (χ2v) is 7.34. The van der Waals surface area contributed by atoms with E-state index in [9.17, 15) is 19.5 Å². The molecule has 0 aliphatic rings. The summed E-state index contributed by atoms with van der Waals surface area (Å²) in [6.45, 7) is 3.51. The predicted molar refractivity (Wildman–Crippen MR) is 113 cm³/mol. The Hall–Kier alpha value is -3.86. The van der Waals surface area contributed by atoms with Crippen LogP contribution in [0.2, 0.25) is 0 Å². The molecule has 2 aromatic rings. The monoisotopic (exact) mass is 423 g/mol. The number of carboxylic acids is 1. The lowest BCUT2D eigenvalue weighted by Gasteiger charge is -2.24. The third kappa shape index (κ3) is 7.48. The number of aliphatic carboxylic acids is 1. The summed E-state index contributed by atoms with van der Waals surface area (Å²) in [5.74, 6) is -2.15. The molecule has 0 aliphatic carbocycles. The Morgan fingerprint density at radius 1 is 1.03 bits per heavy atom. The van der Waals surface area contributed by atoms with Crippen molar-refractivity contribution in [1.29, 1.82) is 5.26 Å². The Morgan fingerprint density at radius 3 is 2.32 bits per heavy atom. The van der Waals surface area contributed by atoms with E-state index in [2.05, 4.69) is 10.6 Å². The van der Waals surface area contributed by atoms with Crippen molar-refractivity contribution in [3.63, 3.8) is 0 Å². The van der Waals surface area contributed by atoms with Crippen LogP contribution in [-0.2, 0) is 27.4 Å². The van der Waals surface area contributed by atoms with Gasteiger partial charge in [-0.25, -0.2) is 9.59 Å². The van der Waals surface area contributed by atoms with Gasteiger partial charge in [-0.2, -0.15) is 5.26 Å². The summed E-state index contributed by atoms with van der Waals surface area (Å²) in [6, 6.07) is 15.4. The van der Waals surface area contributed by atoms with E-state index in [1.165, 1.54) is 0 Å². The van der Waals surface area contributed by atoms with Gasteiger partial charge in [0.05, 0.1) is 11.6 Å². The Morgan fingerprint density at radius 2 is 1.71 bits per heavy atom. The molecule has 3 N–H and O–H groups in total. The number of hydrogen-bond acceptors (Lipinski definition) is 5. The number of carboxylic acid groups (broad SMARTS) is 1. The lowest BCUT2D eigenvalue weighted by molar-refractivity contribution is -0.142. The molecule has 0 spiro atoms. The van der Waals surface area contributed by atoms with Crippen LogP contribution in [0.15, 0.2) is 54.6 Å². The number of nitrogens with zero attached hydrogens (tertiary/aromatic N) is 1. The molecule has 0 aliphatic heterocycles. The van der Waals surface area contributed by atoms with Crippen LogP contribution in [0, 0.1) is 17.2 Å². The van der Waals surface area contributed by atoms with E-state index in [1.807, 2.05) is 24.3 Å². The minimum Gasteiger partial charge on any atom is -0.480 e. The quantitative estimate of drug-likeness (QED) is 0.569. The van der Waals surface area contributed by atoms with Gasteiger partial charge in [0.25, 0.3) is 0 Å². The van der Waals surface area contributed by atoms with Gasteiger partial charge in [0.1, 0.15) is 18.7 Å². The standard InChI is InChI=1S/C23H25N3O5/c1-15(2)20(26-23(30)31-14-16-7-4-3-5-8-16)21(27)25-19(22(28)29)12-17-9-6-10-18(11-17)13-24/h3-11,15,19-20H,12,14H2,1-2H3,(H,25,27)(H,26,30)(H,28,29)/t19-,20+/m1/s1. The van der Waals surface area contributed by atoms with Crippen molar-refractivity contribution in [2.45, 2.75) is 39.0 Å². The zero-order chi connectivity index (χ0) is 22.8. The van der Waals surface area contributed by atoms with Gasteiger partial charge in [0.15, 0.2) is 0 Å². The molecule has 0 bridgehead atoms. The summed E-state index contributed by atoms with van der Waals surface area (Å²) in [5.41, 5.74) is 1.80. The minimum absolute atomic E-state index is 0.000137. The molecule has 8 nitrogen and oxygen atoms in total. The number of nitriles is 1. The number of benzene rings is 2. The van der Waals surface area contributed by atoms with Crippen LogP contribution in [0.25, 0.3) is 0 Å². The molecule has 2 atom stereocenters. The SMILES string of the molecule is CC(C)[C@H](NC(=O)OCc1ccccc1)C(=O)N[C@H](Cc1cccc(C#N)c1)C(=O)O. The number of nitrogens with one attached hydrogen (secondary N) is 2. The van der Waals surface area contributed by atoms with Gasteiger partial charge >= 0.3 is 12.1 Å². The van der Waals surface area contributed by atoms with Crippen molar-refractivity contribution < 1.29 is 24.2 Å². The highest BCUT2D eigenvalue weighted by atomic mass is 16.5. The highest BCUT2D eigenvalue weighted by Crippen LogP contribution is 2.09. The molecule has 8 heteroatoms. The van der Waals surface area contributed by atoms with Crippen LogP contribution >= 0.6 is 0 Å². The topological polar surface area (TPSA) is 129 Å². The maximum atomic E-state index is 12.7. The minimum atomic E-state index is -1.22. The fourth-order valence-electron chi connectivity index (χ4n) is 2.89. The third-order valence-electron chi connectivity index (χ3n) is 4.55. The van der Waals surface area contributed by atoms with Crippen LogP contribution in [0.3, 0.4) is 0 Å². The predicted octanol–water partition coefficient (Wildman–Crippen LogP) is 2.62. The molecule has 0 heterocycles. The van der Waals surface area contributed by atoms with E-state index in [4.69, 9.17) is 10.00 Å². The lowest BCUT2D eigenvalue weighted by Crippen LogP contribution is -2.54.